The van der Waals surface area contributed by atoms with Gasteiger partial charge in [0.2, 0.25) is 0 Å². The number of pyridine rings is 1. The molecule has 1 rings (SSSR count). The average Bonchev–Trinajstić information content (AvgIpc) is 2.23. The minimum absolute atomic E-state index is 0.298. The van der Waals surface area contributed by atoms with E-state index in [1.54, 1.807) is 12.1 Å². The molecule has 15 heavy (non-hydrogen) atoms. The first-order valence-electron chi connectivity index (χ1n) is 4.50. The van der Waals surface area contributed by atoms with Crippen LogP contribution in [0.3, 0.4) is 0 Å². The summed E-state index contributed by atoms with van der Waals surface area (Å²) in [4.78, 5) is 15.6. The summed E-state index contributed by atoms with van der Waals surface area (Å²) < 4.78 is 5.48. The van der Waals surface area contributed by atoms with Gasteiger partial charge in [0.25, 0.3) is 0 Å². The Hall–Kier alpha value is -0.610. The van der Waals surface area contributed by atoms with Gasteiger partial charge >= 0.3 is 5.97 Å². The summed E-state index contributed by atoms with van der Waals surface area (Å²) in [5.74, 6) is -0.670. The summed E-state index contributed by atoms with van der Waals surface area (Å²) in [6, 6.07) is 3.44. The molecule has 0 radical (unpaired) electrons. The van der Waals surface area contributed by atoms with Crippen LogP contribution in [0.1, 0.15) is 25.0 Å². The molecule has 3 nitrogen and oxygen atoms in total. The maximum Gasteiger partial charge on any atom is 0.314 e. The lowest BCUT2D eigenvalue weighted by Gasteiger charge is -2.13. The molecule has 1 atom stereocenters. The predicted molar refractivity (Wildman–Crippen MR) is 62.0 cm³/mol. The molecule has 0 saturated carbocycles. The zero-order valence-electron chi connectivity index (χ0n) is 8.46. The normalized spacial score (nSPS) is 12.3. The topological polar surface area (TPSA) is 39.2 Å². The second-order valence-electron chi connectivity index (χ2n) is 2.99. The summed E-state index contributed by atoms with van der Waals surface area (Å²) in [5.41, 5.74) is 0.622. The molecule has 1 unspecified atom stereocenters. The van der Waals surface area contributed by atoms with E-state index < -0.39 is 0 Å². The van der Waals surface area contributed by atoms with Crippen LogP contribution in [-0.4, -0.2) is 18.1 Å². The van der Waals surface area contributed by atoms with Crippen molar-refractivity contribution in [3.63, 3.8) is 0 Å². The van der Waals surface area contributed by atoms with Gasteiger partial charge in [-0.2, -0.15) is 0 Å². The van der Waals surface area contributed by atoms with Crippen LogP contribution in [0.15, 0.2) is 16.6 Å². The van der Waals surface area contributed by atoms with Crippen molar-refractivity contribution >= 4 is 33.5 Å². The molecule has 0 N–H and O–H groups in total. The lowest BCUT2D eigenvalue weighted by molar-refractivity contribution is -0.142. The second-order valence-corrected chi connectivity index (χ2v) is 4.23. The molecule has 82 valence electrons. The van der Waals surface area contributed by atoms with Crippen LogP contribution in [0.2, 0.25) is 5.15 Å². The molecule has 1 aromatic heterocycles. The summed E-state index contributed by atoms with van der Waals surface area (Å²) in [6.45, 7) is 1.90. The molecule has 0 aliphatic heterocycles. The summed E-state index contributed by atoms with van der Waals surface area (Å²) in [6.07, 6.45) is 0.624. The van der Waals surface area contributed by atoms with Crippen molar-refractivity contribution in [1.29, 1.82) is 0 Å². The average molecular weight is 293 g/mol. The summed E-state index contributed by atoms with van der Waals surface area (Å²) in [5, 5.41) is 0.371. The fourth-order valence-electron chi connectivity index (χ4n) is 1.29. The first kappa shape index (κ1) is 12.5. The number of hydrogen-bond donors (Lipinski definition) is 0. The molecule has 0 bridgehead atoms. The predicted octanol–water partition coefficient (Wildman–Crippen LogP) is 3.16. The molecular formula is C10H11BrClNO2. The van der Waals surface area contributed by atoms with Gasteiger partial charge in [0.15, 0.2) is 0 Å². The number of hydrogen-bond acceptors (Lipinski definition) is 3. The number of esters is 1. The Morgan fingerprint density at radius 2 is 2.33 bits per heavy atom. The maximum absolute atomic E-state index is 11.5. The molecule has 0 aliphatic carbocycles. The second kappa shape index (κ2) is 5.47. The number of halogens is 2. The minimum atomic E-state index is -0.372. The van der Waals surface area contributed by atoms with Crippen LogP contribution in [0, 0.1) is 0 Å². The molecule has 0 fully saturated rings. The highest BCUT2D eigenvalue weighted by atomic mass is 79.9. The molecule has 0 aromatic carbocycles. The van der Waals surface area contributed by atoms with Gasteiger partial charge in [-0.25, -0.2) is 4.98 Å². The Labute approximate surface area is 102 Å². The smallest absolute Gasteiger partial charge is 0.314 e. The molecule has 0 saturated heterocycles. The van der Waals surface area contributed by atoms with E-state index in [-0.39, 0.29) is 11.9 Å². The van der Waals surface area contributed by atoms with Crippen LogP contribution >= 0.6 is 27.5 Å². The number of aromatic nitrogens is 1. The van der Waals surface area contributed by atoms with Gasteiger partial charge in [-0.1, -0.05) is 18.5 Å². The van der Waals surface area contributed by atoms with Crippen molar-refractivity contribution in [3.05, 3.63) is 27.5 Å². The Kier molecular flexibility index (Phi) is 4.54. The lowest BCUT2D eigenvalue weighted by atomic mass is 10.0. The number of carbonyl (C=O) groups excluding carboxylic acids is 1. The fourth-order valence-corrected chi connectivity index (χ4v) is 1.94. The molecule has 0 spiro atoms. The van der Waals surface area contributed by atoms with Crippen molar-refractivity contribution in [1.82, 2.24) is 4.98 Å². The van der Waals surface area contributed by atoms with Crippen molar-refractivity contribution < 1.29 is 9.53 Å². The SMILES string of the molecule is CCC(C(=O)OC)c1nc(Cl)ccc1Br. The number of carbonyl (C=O) groups is 1. The molecular weight excluding hydrogens is 281 g/mol. The first-order chi connectivity index (χ1) is 7.10. The molecule has 0 amide bonds. The molecule has 1 heterocycles. The molecule has 5 heteroatoms. The van der Waals surface area contributed by atoms with Gasteiger partial charge in [-0.3, -0.25) is 4.79 Å². The van der Waals surface area contributed by atoms with E-state index >= 15 is 0 Å². The van der Waals surface area contributed by atoms with Crippen molar-refractivity contribution in [2.75, 3.05) is 7.11 Å². The van der Waals surface area contributed by atoms with E-state index in [1.165, 1.54) is 7.11 Å². The monoisotopic (exact) mass is 291 g/mol. The van der Waals surface area contributed by atoms with Gasteiger partial charge in [0, 0.05) is 4.47 Å². The maximum atomic E-state index is 11.5. The van der Waals surface area contributed by atoms with E-state index in [2.05, 4.69) is 20.9 Å². The Bertz CT molecular complexity index is 370. The van der Waals surface area contributed by atoms with Gasteiger partial charge in [0.05, 0.1) is 18.7 Å². The third-order valence-electron chi connectivity index (χ3n) is 2.06. The largest absolute Gasteiger partial charge is 0.469 e. The zero-order chi connectivity index (χ0) is 11.4. The van der Waals surface area contributed by atoms with Crippen LogP contribution in [-0.2, 0) is 9.53 Å². The number of methoxy groups -OCH3 is 1. The van der Waals surface area contributed by atoms with Crippen LogP contribution in [0.4, 0.5) is 0 Å². The molecule has 0 aliphatic rings. The summed E-state index contributed by atoms with van der Waals surface area (Å²) in [7, 11) is 1.36. The Morgan fingerprint density at radius 3 is 2.87 bits per heavy atom. The Balaban J connectivity index is 3.11. The van der Waals surface area contributed by atoms with Crippen LogP contribution in [0.25, 0.3) is 0 Å². The van der Waals surface area contributed by atoms with E-state index in [0.717, 1.165) is 4.47 Å². The fraction of sp³-hybridized carbons (Fsp3) is 0.400. The number of rotatable bonds is 3. The lowest BCUT2D eigenvalue weighted by Crippen LogP contribution is -2.15. The van der Waals surface area contributed by atoms with Crippen LogP contribution < -0.4 is 0 Å². The third-order valence-corrected chi connectivity index (χ3v) is 2.94. The molecule has 1 aromatic rings. The van der Waals surface area contributed by atoms with E-state index in [0.29, 0.717) is 17.3 Å². The highest BCUT2D eigenvalue weighted by molar-refractivity contribution is 9.10. The number of nitrogens with zero attached hydrogens (tertiary/aromatic N) is 1. The first-order valence-corrected chi connectivity index (χ1v) is 5.67. The van der Waals surface area contributed by atoms with Crippen LogP contribution in [0.5, 0.6) is 0 Å². The van der Waals surface area contributed by atoms with Crippen molar-refractivity contribution in [2.24, 2.45) is 0 Å². The van der Waals surface area contributed by atoms with Gasteiger partial charge < -0.3 is 4.74 Å². The Morgan fingerprint density at radius 1 is 1.67 bits per heavy atom. The van der Waals surface area contributed by atoms with E-state index in [9.17, 15) is 4.79 Å². The van der Waals surface area contributed by atoms with Crippen molar-refractivity contribution in [3.8, 4) is 0 Å². The van der Waals surface area contributed by atoms with Gasteiger partial charge in [-0.05, 0) is 34.5 Å². The van der Waals surface area contributed by atoms with Crippen molar-refractivity contribution in [2.45, 2.75) is 19.3 Å². The van der Waals surface area contributed by atoms with E-state index in [4.69, 9.17) is 16.3 Å². The summed E-state index contributed by atoms with van der Waals surface area (Å²) >= 11 is 9.12. The zero-order valence-corrected chi connectivity index (χ0v) is 10.8. The third kappa shape index (κ3) is 2.92. The highest BCUT2D eigenvalue weighted by Crippen LogP contribution is 2.27. The van der Waals surface area contributed by atoms with Gasteiger partial charge in [-0.15, -0.1) is 0 Å². The number of ether oxygens (including phenoxy) is 1. The quantitative estimate of drug-likeness (QED) is 0.634. The van der Waals surface area contributed by atoms with Gasteiger partial charge in [0.1, 0.15) is 5.15 Å². The minimum Gasteiger partial charge on any atom is -0.469 e. The standard InChI is InChI=1S/C10H11BrClNO2/c1-3-6(10(14)15-2)9-7(11)4-5-8(12)13-9/h4-6H,3H2,1-2H3. The van der Waals surface area contributed by atoms with E-state index in [1.807, 2.05) is 6.92 Å². The highest BCUT2D eigenvalue weighted by Gasteiger charge is 2.23.